The number of aliphatic imine (C=N–C) groups is 1. The molecule has 3 heterocycles. The van der Waals surface area contributed by atoms with Gasteiger partial charge in [0.05, 0.1) is 34.6 Å². The van der Waals surface area contributed by atoms with Crippen LogP contribution in [0.4, 0.5) is 19.3 Å². The Labute approximate surface area is 247 Å². The summed E-state index contributed by atoms with van der Waals surface area (Å²) in [5, 5.41) is 5.00. The molecule has 42 heavy (non-hydrogen) atoms. The van der Waals surface area contributed by atoms with E-state index >= 15 is 4.39 Å². The third-order valence-electron chi connectivity index (χ3n) is 6.84. The van der Waals surface area contributed by atoms with Crippen molar-refractivity contribution in [3.8, 4) is 18.2 Å². The third kappa shape index (κ3) is 7.42. The maximum atomic E-state index is 15.2. The number of thioether (sulfide) groups is 1. The SMILES string of the molecule is C#CCOc1cnc(C(=O)Nc2cnc(F)c([C@@]3(C)N=C(OC(=O)NCOCC[Si](C)(C)C)S[C@@]4(CF)C[C@H]43)c2)cn1. The van der Waals surface area contributed by atoms with Crippen molar-refractivity contribution >= 4 is 42.8 Å². The first kappa shape index (κ1) is 31.3. The highest BCUT2D eigenvalue weighted by Gasteiger charge is 2.67. The lowest BCUT2D eigenvalue weighted by atomic mass is 9.87. The minimum atomic E-state index is -1.32. The molecule has 224 valence electrons. The number of ether oxygens (including phenoxy) is 3. The summed E-state index contributed by atoms with van der Waals surface area (Å²) >= 11 is 1.01. The van der Waals surface area contributed by atoms with Crippen LogP contribution in [0.3, 0.4) is 0 Å². The largest absolute Gasteiger partial charge is 0.463 e. The van der Waals surface area contributed by atoms with E-state index in [0.29, 0.717) is 13.0 Å². The second-order valence-electron chi connectivity index (χ2n) is 11.3. The number of hydrogen-bond donors (Lipinski definition) is 2. The summed E-state index contributed by atoms with van der Waals surface area (Å²) in [6.45, 7) is 8.00. The molecule has 0 radical (unpaired) electrons. The Kier molecular flexibility index (Phi) is 9.49. The third-order valence-corrected chi connectivity index (χ3v) is 9.86. The molecule has 0 aromatic carbocycles. The molecule has 0 saturated heterocycles. The molecule has 1 fully saturated rings. The Morgan fingerprint density at radius 1 is 1.24 bits per heavy atom. The van der Waals surface area contributed by atoms with Gasteiger partial charge in [-0.2, -0.15) is 4.39 Å². The van der Waals surface area contributed by atoms with Crippen LogP contribution in [0.15, 0.2) is 29.6 Å². The summed E-state index contributed by atoms with van der Waals surface area (Å²) in [6.07, 6.45) is 8.29. The number of amides is 2. The molecule has 15 heteroatoms. The molecule has 0 bridgehead atoms. The zero-order valence-corrected chi connectivity index (χ0v) is 25.5. The monoisotopic (exact) mass is 618 g/mol. The Morgan fingerprint density at radius 3 is 2.69 bits per heavy atom. The van der Waals surface area contributed by atoms with Gasteiger partial charge in [-0.3, -0.25) is 10.1 Å². The molecule has 1 aliphatic heterocycles. The highest BCUT2D eigenvalue weighted by Crippen LogP contribution is 2.66. The van der Waals surface area contributed by atoms with Gasteiger partial charge in [0.1, 0.15) is 19.1 Å². The van der Waals surface area contributed by atoms with E-state index in [9.17, 15) is 14.0 Å². The van der Waals surface area contributed by atoms with Gasteiger partial charge in [0.25, 0.3) is 11.1 Å². The van der Waals surface area contributed by atoms with Crippen molar-refractivity contribution in [2.45, 2.75) is 49.3 Å². The number of pyridine rings is 1. The van der Waals surface area contributed by atoms with Gasteiger partial charge < -0.3 is 19.5 Å². The zero-order valence-electron chi connectivity index (χ0n) is 23.7. The average Bonchev–Trinajstić information content (AvgIpc) is 3.68. The van der Waals surface area contributed by atoms with Crippen molar-refractivity contribution in [2.24, 2.45) is 10.9 Å². The van der Waals surface area contributed by atoms with Gasteiger partial charge in [0.15, 0.2) is 6.61 Å². The minimum Gasteiger partial charge on any atom is -0.463 e. The van der Waals surface area contributed by atoms with Gasteiger partial charge >= 0.3 is 6.09 Å². The predicted octanol–water partition coefficient (Wildman–Crippen LogP) is 4.36. The van der Waals surface area contributed by atoms with Crippen LogP contribution in [0.25, 0.3) is 0 Å². The second kappa shape index (κ2) is 12.7. The highest BCUT2D eigenvalue weighted by atomic mass is 32.2. The van der Waals surface area contributed by atoms with Crippen molar-refractivity contribution in [3.63, 3.8) is 0 Å². The molecular formula is C27H32F2N6O5SSi. The first-order chi connectivity index (χ1) is 19.9. The highest BCUT2D eigenvalue weighted by molar-refractivity contribution is 8.15. The number of aromatic nitrogens is 3. The number of terminal acetylenes is 1. The van der Waals surface area contributed by atoms with Crippen LogP contribution in [0.1, 0.15) is 29.4 Å². The Balaban J connectivity index is 1.48. The molecule has 1 aliphatic carbocycles. The minimum absolute atomic E-state index is 0.000642. The standard InChI is InChI=1S/C27H32F2N6O5SSi/c1-6-7-39-21-14-30-19(13-31-21)23(36)34-17-10-18(22(29)32-12-17)26(2)20-11-27(20,15-28)41-25(35-26)40-24(37)33-16-38-8-9-42(3,4)5/h1,10,12-14,20H,7-9,11,15-16H2,2-5H3,(H,33,37)(H,34,36)/t20-,26+,27+/m0/s1. The number of rotatable bonds is 11. The van der Waals surface area contributed by atoms with E-state index in [-0.39, 0.29) is 41.4 Å². The van der Waals surface area contributed by atoms with Crippen LogP contribution in [-0.2, 0) is 15.0 Å². The van der Waals surface area contributed by atoms with Crippen molar-refractivity contribution < 1.29 is 32.6 Å². The number of fused-ring (bicyclic) bond motifs is 1. The lowest BCUT2D eigenvalue weighted by Crippen LogP contribution is -2.37. The number of carbonyl (C=O) groups is 2. The summed E-state index contributed by atoms with van der Waals surface area (Å²) < 4.78 is 44.5. The molecule has 0 spiro atoms. The summed E-state index contributed by atoms with van der Waals surface area (Å²) in [4.78, 5) is 41.5. The number of carbonyl (C=O) groups excluding carboxylic acids is 2. The predicted molar refractivity (Wildman–Crippen MR) is 156 cm³/mol. The fraction of sp³-hybridized carbons (Fsp3) is 0.481. The van der Waals surface area contributed by atoms with E-state index in [0.717, 1.165) is 24.0 Å². The Hall–Kier alpha value is -3.61. The van der Waals surface area contributed by atoms with E-state index in [2.05, 4.69) is 56.1 Å². The van der Waals surface area contributed by atoms with Gasteiger partial charge in [-0.05, 0) is 25.5 Å². The van der Waals surface area contributed by atoms with Crippen molar-refractivity contribution in [1.82, 2.24) is 20.3 Å². The number of halogens is 2. The fourth-order valence-electron chi connectivity index (χ4n) is 4.41. The van der Waals surface area contributed by atoms with Crippen molar-refractivity contribution in [1.29, 1.82) is 0 Å². The lowest BCUT2D eigenvalue weighted by Gasteiger charge is -2.33. The fourth-order valence-corrected chi connectivity index (χ4v) is 6.54. The molecule has 2 aromatic rings. The molecular weight excluding hydrogens is 586 g/mol. The van der Waals surface area contributed by atoms with Crippen LogP contribution in [-0.4, -0.2) is 71.6 Å². The Morgan fingerprint density at radius 2 is 2.02 bits per heavy atom. The van der Waals surface area contributed by atoms with E-state index in [1.54, 1.807) is 6.92 Å². The van der Waals surface area contributed by atoms with Crippen LogP contribution < -0.4 is 15.4 Å². The van der Waals surface area contributed by atoms with Crippen LogP contribution in [0.2, 0.25) is 25.7 Å². The van der Waals surface area contributed by atoms with E-state index in [1.807, 2.05) is 0 Å². The van der Waals surface area contributed by atoms with E-state index in [4.69, 9.17) is 20.6 Å². The summed E-state index contributed by atoms with van der Waals surface area (Å²) in [5.41, 5.74) is -1.19. The van der Waals surface area contributed by atoms with Gasteiger partial charge in [0.2, 0.25) is 11.8 Å². The topological polar surface area (TPSA) is 137 Å². The van der Waals surface area contributed by atoms with Crippen molar-refractivity contribution in [3.05, 3.63) is 41.9 Å². The second-order valence-corrected chi connectivity index (χ2v) is 18.2. The van der Waals surface area contributed by atoms with Gasteiger partial charge in [-0.25, -0.2) is 29.1 Å². The molecule has 4 rings (SSSR count). The average molecular weight is 619 g/mol. The number of nitrogens with one attached hydrogen (secondary N) is 2. The molecule has 2 aliphatic rings. The molecule has 3 atom stereocenters. The van der Waals surface area contributed by atoms with E-state index < -0.39 is 48.9 Å². The maximum Gasteiger partial charge on any atom is 0.416 e. The quantitative estimate of drug-likeness (QED) is 0.124. The van der Waals surface area contributed by atoms with Gasteiger partial charge in [-0.1, -0.05) is 37.3 Å². The summed E-state index contributed by atoms with van der Waals surface area (Å²) in [5.74, 6) is 0.572. The van der Waals surface area contributed by atoms with E-state index in [1.165, 1.54) is 18.5 Å². The summed E-state index contributed by atoms with van der Waals surface area (Å²) in [6, 6.07) is 2.31. The maximum absolute atomic E-state index is 15.2. The Bertz CT molecular complexity index is 1400. The number of anilines is 1. The normalized spacial score (nSPS) is 22.7. The molecule has 11 nitrogen and oxygen atoms in total. The van der Waals surface area contributed by atoms with Crippen LogP contribution in [0.5, 0.6) is 5.88 Å². The molecule has 2 aromatic heterocycles. The molecule has 1 saturated carbocycles. The number of alkyl halides is 1. The number of alkyl carbamates (subject to hydrolysis) is 1. The van der Waals surface area contributed by atoms with Crippen LogP contribution >= 0.6 is 11.8 Å². The van der Waals surface area contributed by atoms with Crippen LogP contribution in [0, 0.1) is 24.2 Å². The van der Waals surface area contributed by atoms with Gasteiger partial charge in [-0.15, -0.1) is 6.42 Å². The first-order valence-corrected chi connectivity index (χ1v) is 17.7. The zero-order chi connectivity index (χ0) is 30.5. The summed E-state index contributed by atoms with van der Waals surface area (Å²) in [7, 11) is -1.28. The lowest BCUT2D eigenvalue weighted by molar-refractivity contribution is 0.102. The molecule has 2 amide bonds. The molecule has 0 unspecified atom stereocenters. The smallest absolute Gasteiger partial charge is 0.416 e. The number of hydrogen-bond acceptors (Lipinski definition) is 10. The molecule has 2 N–H and O–H groups in total. The van der Waals surface area contributed by atoms with Gasteiger partial charge in [0, 0.05) is 26.2 Å². The number of nitrogens with zero attached hydrogens (tertiary/aromatic N) is 4. The first-order valence-electron chi connectivity index (χ1n) is 13.1. The van der Waals surface area contributed by atoms with Crippen molar-refractivity contribution in [2.75, 3.05) is 31.9 Å².